The largest absolute Gasteiger partial charge is 0.293 e. The molecule has 0 aliphatic carbocycles. The number of nitro benzene ring substituents is 1. The minimum atomic E-state index is -0.768. The van der Waals surface area contributed by atoms with Crippen LogP contribution in [-0.4, -0.2) is 14.5 Å². The summed E-state index contributed by atoms with van der Waals surface area (Å²) in [6, 6.07) is 3.04. The summed E-state index contributed by atoms with van der Waals surface area (Å²) in [7, 11) is 0. The predicted octanol–water partition coefficient (Wildman–Crippen LogP) is 2.65. The van der Waals surface area contributed by atoms with E-state index < -0.39 is 22.0 Å². The van der Waals surface area contributed by atoms with Gasteiger partial charge in [-0.2, -0.15) is 0 Å². The molecule has 0 saturated carbocycles. The molecular weight excluding hydrogens is 312 g/mol. The van der Waals surface area contributed by atoms with E-state index in [1.807, 2.05) is 0 Å². The Morgan fingerprint density at radius 2 is 2.05 bits per heavy atom. The molecular formula is C11H6Cl2FN3O3. The lowest BCUT2D eigenvalue weighted by molar-refractivity contribution is -0.385. The van der Waals surface area contributed by atoms with Gasteiger partial charge in [0.05, 0.1) is 23.9 Å². The summed E-state index contributed by atoms with van der Waals surface area (Å²) in [4.78, 5) is 25.4. The number of hydrogen-bond acceptors (Lipinski definition) is 4. The van der Waals surface area contributed by atoms with Gasteiger partial charge in [-0.1, -0.05) is 23.2 Å². The van der Waals surface area contributed by atoms with Gasteiger partial charge in [-0.05, 0) is 11.6 Å². The molecule has 0 spiro atoms. The third-order valence-corrected chi connectivity index (χ3v) is 3.17. The Labute approximate surface area is 121 Å². The summed E-state index contributed by atoms with van der Waals surface area (Å²) < 4.78 is 14.4. The monoisotopic (exact) mass is 317 g/mol. The van der Waals surface area contributed by atoms with Gasteiger partial charge < -0.3 is 0 Å². The molecule has 2 aromatic rings. The van der Waals surface area contributed by atoms with Crippen molar-refractivity contribution in [3.8, 4) is 0 Å². The average Bonchev–Trinajstić information content (AvgIpc) is 2.39. The van der Waals surface area contributed by atoms with E-state index in [1.165, 1.54) is 0 Å². The third-order valence-electron chi connectivity index (χ3n) is 2.45. The number of non-ortho nitro benzene ring substituents is 1. The Morgan fingerprint density at radius 3 is 2.70 bits per heavy atom. The lowest BCUT2D eigenvalue weighted by Gasteiger charge is -2.06. The van der Waals surface area contributed by atoms with Gasteiger partial charge in [-0.15, -0.1) is 0 Å². The molecule has 0 aliphatic heterocycles. The van der Waals surface area contributed by atoms with E-state index in [2.05, 4.69) is 4.98 Å². The lowest BCUT2D eigenvalue weighted by Crippen LogP contribution is -2.21. The molecule has 1 aromatic carbocycles. The summed E-state index contributed by atoms with van der Waals surface area (Å²) in [6.07, 6.45) is 1.13. The van der Waals surface area contributed by atoms with Crippen LogP contribution < -0.4 is 5.56 Å². The molecule has 0 radical (unpaired) electrons. The molecule has 6 nitrogen and oxygen atoms in total. The fourth-order valence-electron chi connectivity index (χ4n) is 1.58. The lowest BCUT2D eigenvalue weighted by atomic mass is 10.2. The highest BCUT2D eigenvalue weighted by molar-refractivity contribution is 6.40. The average molecular weight is 318 g/mol. The normalized spacial score (nSPS) is 10.6. The van der Waals surface area contributed by atoms with Crippen molar-refractivity contribution in [3.05, 3.63) is 66.6 Å². The summed E-state index contributed by atoms with van der Waals surface area (Å²) in [5.41, 5.74) is -0.779. The number of rotatable bonds is 3. The summed E-state index contributed by atoms with van der Waals surface area (Å²) in [6.45, 7) is -0.110. The first-order valence-corrected chi connectivity index (χ1v) is 5.98. The van der Waals surface area contributed by atoms with Crippen LogP contribution in [0, 0.1) is 15.9 Å². The Balaban J connectivity index is 2.43. The highest BCUT2D eigenvalue weighted by Gasteiger charge is 2.12. The Hall–Kier alpha value is -1.99. The summed E-state index contributed by atoms with van der Waals surface area (Å²) in [5, 5.41) is 10.2. The van der Waals surface area contributed by atoms with Gasteiger partial charge in [-0.3, -0.25) is 19.5 Å². The van der Waals surface area contributed by atoms with Crippen LogP contribution in [0.4, 0.5) is 10.1 Å². The fourth-order valence-corrected chi connectivity index (χ4v) is 1.86. The molecule has 0 aliphatic rings. The van der Waals surface area contributed by atoms with Crippen LogP contribution in [-0.2, 0) is 6.54 Å². The second kappa shape index (κ2) is 5.56. The van der Waals surface area contributed by atoms with Crippen molar-refractivity contribution >= 4 is 28.9 Å². The first-order chi connectivity index (χ1) is 9.38. The van der Waals surface area contributed by atoms with Gasteiger partial charge in [0.1, 0.15) is 10.8 Å². The maximum absolute atomic E-state index is 13.3. The van der Waals surface area contributed by atoms with Gasteiger partial charge >= 0.3 is 0 Å². The number of aromatic nitrogens is 2. The van der Waals surface area contributed by atoms with E-state index in [0.29, 0.717) is 0 Å². The second-order valence-corrected chi connectivity index (χ2v) is 4.59. The maximum atomic E-state index is 13.3. The maximum Gasteiger partial charge on any atom is 0.273 e. The van der Waals surface area contributed by atoms with Gasteiger partial charge in [0.2, 0.25) is 0 Å². The van der Waals surface area contributed by atoms with Crippen molar-refractivity contribution in [3.63, 3.8) is 0 Å². The molecule has 1 heterocycles. The number of hydrogen-bond donors (Lipinski definition) is 0. The Morgan fingerprint density at radius 1 is 1.35 bits per heavy atom. The van der Waals surface area contributed by atoms with Crippen LogP contribution in [0.5, 0.6) is 0 Å². The van der Waals surface area contributed by atoms with Gasteiger partial charge in [-0.25, -0.2) is 9.37 Å². The molecule has 0 saturated heterocycles. The van der Waals surface area contributed by atoms with E-state index >= 15 is 0 Å². The molecule has 0 fully saturated rings. The van der Waals surface area contributed by atoms with Crippen LogP contribution in [0.3, 0.4) is 0 Å². The molecule has 2 rings (SSSR count). The van der Waals surface area contributed by atoms with Crippen molar-refractivity contribution in [2.75, 3.05) is 0 Å². The number of benzene rings is 1. The SMILES string of the molecule is O=c1c(Cl)c(Cl)ncn1Cc1cc(F)cc([N+](=O)[O-])c1. The topological polar surface area (TPSA) is 78.0 Å². The molecule has 0 N–H and O–H groups in total. The first kappa shape index (κ1) is 14.4. The van der Waals surface area contributed by atoms with Gasteiger partial charge in [0.25, 0.3) is 11.2 Å². The van der Waals surface area contributed by atoms with Crippen LogP contribution in [0.1, 0.15) is 5.56 Å². The number of halogens is 3. The molecule has 0 unspecified atom stereocenters. The van der Waals surface area contributed by atoms with Crippen LogP contribution in [0.2, 0.25) is 10.2 Å². The van der Waals surface area contributed by atoms with E-state index in [-0.39, 0.29) is 22.3 Å². The van der Waals surface area contributed by atoms with Crippen molar-refractivity contribution in [1.82, 2.24) is 9.55 Å². The van der Waals surface area contributed by atoms with Crippen molar-refractivity contribution < 1.29 is 9.31 Å². The van der Waals surface area contributed by atoms with E-state index in [1.54, 1.807) is 0 Å². The van der Waals surface area contributed by atoms with Crippen LogP contribution in [0.15, 0.2) is 29.3 Å². The van der Waals surface area contributed by atoms with Gasteiger partial charge in [0.15, 0.2) is 5.15 Å². The fraction of sp³-hybridized carbons (Fsp3) is 0.0909. The zero-order valence-electron chi connectivity index (χ0n) is 9.72. The smallest absolute Gasteiger partial charge is 0.273 e. The quantitative estimate of drug-likeness (QED) is 0.495. The standard InChI is InChI=1S/C11H6Cl2FN3O3/c12-9-10(13)15-5-16(11(9)18)4-6-1-7(14)3-8(2-6)17(19)20/h1-3,5H,4H2. The van der Waals surface area contributed by atoms with E-state index in [4.69, 9.17) is 23.2 Å². The second-order valence-electron chi connectivity index (χ2n) is 3.86. The minimum absolute atomic E-state index is 0.110. The Kier molecular flexibility index (Phi) is 4.01. The summed E-state index contributed by atoms with van der Waals surface area (Å²) in [5.74, 6) is -0.768. The van der Waals surface area contributed by atoms with Crippen molar-refractivity contribution in [2.45, 2.75) is 6.54 Å². The highest BCUT2D eigenvalue weighted by atomic mass is 35.5. The van der Waals surface area contributed by atoms with Crippen molar-refractivity contribution in [1.29, 1.82) is 0 Å². The highest BCUT2D eigenvalue weighted by Crippen LogP contribution is 2.18. The molecule has 1 aromatic heterocycles. The van der Waals surface area contributed by atoms with Crippen LogP contribution >= 0.6 is 23.2 Å². The molecule has 20 heavy (non-hydrogen) atoms. The number of nitrogens with zero attached hydrogens (tertiary/aromatic N) is 3. The van der Waals surface area contributed by atoms with E-state index in [0.717, 1.165) is 29.1 Å². The van der Waals surface area contributed by atoms with E-state index in [9.17, 15) is 19.3 Å². The molecule has 9 heteroatoms. The van der Waals surface area contributed by atoms with Crippen molar-refractivity contribution in [2.24, 2.45) is 0 Å². The molecule has 0 amide bonds. The molecule has 0 atom stereocenters. The minimum Gasteiger partial charge on any atom is -0.293 e. The zero-order chi connectivity index (χ0) is 14.9. The first-order valence-electron chi connectivity index (χ1n) is 5.23. The number of nitro groups is 1. The molecule has 0 bridgehead atoms. The molecule has 104 valence electrons. The zero-order valence-corrected chi connectivity index (χ0v) is 11.2. The van der Waals surface area contributed by atoms with Crippen LogP contribution in [0.25, 0.3) is 0 Å². The Bertz CT molecular complexity index is 748. The summed E-state index contributed by atoms with van der Waals surface area (Å²) >= 11 is 11.2. The third kappa shape index (κ3) is 2.94. The van der Waals surface area contributed by atoms with Gasteiger partial charge in [0, 0.05) is 6.07 Å². The predicted molar refractivity (Wildman–Crippen MR) is 70.7 cm³/mol.